The SMILES string of the molecule is CC=C(c1ccccc1)C(C)(OC)OC. The van der Waals surface area contributed by atoms with Crippen LogP contribution >= 0.6 is 0 Å². The quantitative estimate of drug-likeness (QED) is 0.705. The summed E-state index contributed by atoms with van der Waals surface area (Å²) in [5.74, 6) is -0.684. The van der Waals surface area contributed by atoms with E-state index in [0.717, 1.165) is 11.1 Å². The predicted molar refractivity (Wildman–Crippen MR) is 62.5 cm³/mol. The second-order valence-corrected chi connectivity index (χ2v) is 3.42. The lowest BCUT2D eigenvalue weighted by Crippen LogP contribution is -2.31. The lowest BCUT2D eigenvalue weighted by Gasteiger charge is -2.29. The van der Waals surface area contributed by atoms with E-state index < -0.39 is 5.79 Å². The molecule has 0 aromatic heterocycles. The Morgan fingerprint density at radius 1 is 1.13 bits per heavy atom. The lowest BCUT2D eigenvalue weighted by atomic mass is 9.98. The van der Waals surface area contributed by atoms with Gasteiger partial charge in [0, 0.05) is 19.8 Å². The zero-order chi connectivity index (χ0) is 11.3. The Labute approximate surface area is 91.5 Å². The molecule has 15 heavy (non-hydrogen) atoms. The molecule has 2 nitrogen and oxygen atoms in total. The van der Waals surface area contributed by atoms with Crippen LogP contribution in [0.2, 0.25) is 0 Å². The monoisotopic (exact) mass is 206 g/mol. The number of benzene rings is 1. The molecule has 0 atom stereocenters. The van der Waals surface area contributed by atoms with Gasteiger partial charge in [-0.15, -0.1) is 0 Å². The molecule has 0 saturated heterocycles. The molecule has 0 saturated carbocycles. The lowest BCUT2D eigenvalue weighted by molar-refractivity contribution is -0.147. The second-order valence-electron chi connectivity index (χ2n) is 3.42. The Morgan fingerprint density at radius 3 is 2.07 bits per heavy atom. The first kappa shape index (κ1) is 12.0. The van der Waals surface area contributed by atoms with Crippen molar-refractivity contribution in [3.63, 3.8) is 0 Å². The summed E-state index contributed by atoms with van der Waals surface area (Å²) in [6.45, 7) is 3.90. The van der Waals surface area contributed by atoms with E-state index in [-0.39, 0.29) is 0 Å². The molecule has 82 valence electrons. The van der Waals surface area contributed by atoms with Gasteiger partial charge in [0.1, 0.15) is 0 Å². The molecule has 1 rings (SSSR count). The molecule has 0 aliphatic carbocycles. The van der Waals surface area contributed by atoms with E-state index in [1.807, 2.05) is 50.3 Å². The first-order chi connectivity index (χ1) is 7.18. The van der Waals surface area contributed by atoms with Gasteiger partial charge in [-0.05, 0) is 19.4 Å². The summed E-state index contributed by atoms with van der Waals surface area (Å²) in [5, 5.41) is 0. The van der Waals surface area contributed by atoms with Crippen LogP contribution in [0.3, 0.4) is 0 Å². The maximum absolute atomic E-state index is 5.40. The van der Waals surface area contributed by atoms with Gasteiger partial charge >= 0.3 is 0 Å². The van der Waals surface area contributed by atoms with Crippen LogP contribution in [0.15, 0.2) is 36.4 Å². The average molecular weight is 206 g/mol. The van der Waals surface area contributed by atoms with Gasteiger partial charge in [0.25, 0.3) is 0 Å². The zero-order valence-corrected chi connectivity index (χ0v) is 9.78. The van der Waals surface area contributed by atoms with Crippen LogP contribution in [0.1, 0.15) is 19.4 Å². The summed E-state index contributed by atoms with van der Waals surface area (Å²) in [4.78, 5) is 0. The fourth-order valence-corrected chi connectivity index (χ4v) is 1.61. The summed E-state index contributed by atoms with van der Waals surface area (Å²) in [7, 11) is 3.30. The topological polar surface area (TPSA) is 18.5 Å². The van der Waals surface area contributed by atoms with Gasteiger partial charge in [0.05, 0.1) is 0 Å². The summed E-state index contributed by atoms with van der Waals surface area (Å²) in [6, 6.07) is 10.1. The van der Waals surface area contributed by atoms with E-state index in [1.54, 1.807) is 14.2 Å². The van der Waals surface area contributed by atoms with Crippen LogP contribution in [0.5, 0.6) is 0 Å². The molecule has 0 radical (unpaired) electrons. The van der Waals surface area contributed by atoms with Crippen molar-refractivity contribution in [3.05, 3.63) is 42.0 Å². The Balaban J connectivity index is 3.11. The van der Waals surface area contributed by atoms with E-state index in [1.165, 1.54) is 0 Å². The van der Waals surface area contributed by atoms with Crippen LogP contribution < -0.4 is 0 Å². The van der Waals surface area contributed by atoms with Crippen molar-refractivity contribution in [1.82, 2.24) is 0 Å². The molecular formula is C13H18O2. The molecule has 1 aromatic carbocycles. The molecular weight excluding hydrogens is 188 g/mol. The van der Waals surface area contributed by atoms with Gasteiger partial charge in [0.2, 0.25) is 0 Å². The molecule has 0 amide bonds. The van der Waals surface area contributed by atoms with E-state index in [2.05, 4.69) is 0 Å². The van der Waals surface area contributed by atoms with Gasteiger partial charge in [-0.3, -0.25) is 0 Å². The van der Waals surface area contributed by atoms with Crippen LogP contribution in [0, 0.1) is 0 Å². The Hall–Kier alpha value is -1.12. The Morgan fingerprint density at radius 2 is 1.67 bits per heavy atom. The molecule has 0 heterocycles. The zero-order valence-electron chi connectivity index (χ0n) is 9.78. The van der Waals surface area contributed by atoms with E-state index in [9.17, 15) is 0 Å². The molecule has 0 spiro atoms. The minimum atomic E-state index is -0.684. The van der Waals surface area contributed by atoms with Crippen LogP contribution in [-0.4, -0.2) is 20.0 Å². The minimum Gasteiger partial charge on any atom is -0.349 e. The molecule has 0 fully saturated rings. The standard InChI is InChI=1S/C13H18O2/c1-5-12(13(2,14-3)15-4)11-9-7-6-8-10-11/h5-10H,1-4H3. The highest BCUT2D eigenvalue weighted by Gasteiger charge is 2.28. The largest absolute Gasteiger partial charge is 0.349 e. The summed E-state index contributed by atoms with van der Waals surface area (Å²) in [6.07, 6.45) is 2.02. The Kier molecular flexibility index (Phi) is 4.06. The Bertz CT molecular complexity index is 324. The highest BCUT2D eigenvalue weighted by Crippen LogP contribution is 2.30. The van der Waals surface area contributed by atoms with E-state index in [4.69, 9.17) is 9.47 Å². The molecule has 2 heteroatoms. The summed E-state index contributed by atoms with van der Waals surface area (Å²) >= 11 is 0. The molecule has 0 N–H and O–H groups in total. The van der Waals surface area contributed by atoms with Gasteiger partial charge in [0.15, 0.2) is 5.79 Å². The third-order valence-electron chi connectivity index (χ3n) is 2.64. The molecule has 0 bridgehead atoms. The number of hydrogen-bond acceptors (Lipinski definition) is 2. The van der Waals surface area contributed by atoms with Crippen LogP contribution in [-0.2, 0) is 9.47 Å². The van der Waals surface area contributed by atoms with Crippen molar-refractivity contribution >= 4 is 5.57 Å². The fourth-order valence-electron chi connectivity index (χ4n) is 1.61. The molecule has 0 aliphatic rings. The van der Waals surface area contributed by atoms with Gasteiger partial charge in [-0.1, -0.05) is 36.4 Å². The van der Waals surface area contributed by atoms with Gasteiger partial charge < -0.3 is 9.47 Å². The minimum absolute atomic E-state index is 0.684. The van der Waals surface area contributed by atoms with Gasteiger partial charge in [-0.25, -0.2) is 0 Å². The summed E-state index contributed by atoms with van der Waals surface area (Å²) < 4.78 is 10.8. The number of methoxy groups -OCH3 is 2. The van der Waals surface area contributed by atoms with Crippen LogP contribution in [0.4, 0.5) is 0 Å². The highest BCUT2D eigenvalue weighted by molar-refractivity contribution is 5.70. The van der Waals surface area contributed by atoms with Crippen molar-refractivity contribution in [3.8, 4) is 0 Å². The smallest absolute Gasteiger partial charge is 0.191 e. The molecule has 0 unspecified atom stereocenters. The number of hydrogen-bond donors (Lipinski definition) is 0. The maximum atomic E-state index is 5.40. The number of ether oxygens (including phenoxy) is 2. The van der Waals surface area contributed by atoms with Crippen molar-refractivity contribution in [1.29, 1.82) is 0 Å². The van der Waals surface area contributed by atoms with Crippen LogP contribution in [0.25, 0.3) is 5.57 Å². The first-order valence-corrected chi connectivity index (χ1v) is 5.00. The van der Waals surface area contributed by atoms with Crippen molar-refractivity contribution in [2.75, 3.05) is 14.2 Å². The summed E-state index contributed by atoms with van der Waals surface area (Å²) in [5.41, 5.74) is 2.15. The van der Waals surface area contributed by atoms with Crippen molar-refractivity contribution < 1.29 is 9.47 Å². The molecule has 1 aromatic rings. The maximum Gasteiger partial charge on any atom is 0.191 e. The molecule has 0 aliphatic heterocycles. The average Bonchev–Trinajstić information content (AvgIpc) is 2.31. The third-order valence-corrected chi connectivity index (χ3v) is 2.64. The third kappa shape index (κ3) is 2.46. The first-order valence-electron chi connectivity index (χ1n) is 5.00. The van der Waals surface area contributed by atoms with Gasteiger partial charge in [-0.2, -0.15) is 0 Å². The normalized spacial score (nSPS) is 12.9. The second kappa shape index (κ2) is 5.10. The van der Waals surface area contributed by atoms with E-state index in [0.29, 0.717) is 0 Å². The van der Waals surface area contributed by atoms with Crippen molar-refractivity contribution in [2.45, 2.75) is 19.6 Å². The fraction of sp³-hybridized carbons (Fsp3) is 0.385. The number of rotatable bonds is 4. The number of allylic oxidation sites excluding steroid dienone is 1. The predicted octanol–water partition coefficient (Wildman–Crippen LogP) is 3.10. The van der Waals surface area contributed by atoms with Crippen molar-refractivity contribution in [2.24, 2.45) is 0 Å². The highest BCUT2D eigenvalue weighted by atomic mass is 16.7. The van der Waals surface area contributed by atoms with E-state index >= 15 is 0 Å².